The van der Waals surface area contributed by atoms with Gasteiger partial charge in [0.25, 0.3) is 5.56 Å². The van der Waals surface area contributed by atoms with Gasteiger partial charge in [-0.3, -0.25) is 4.79 Å². The number of aromatic nitrogens is 2. The largest absolute Gasteiger partial charge is 0.326 e. The zero-order chi connectivity index (χ0) is 10.8. The molecule has 2 aromatic rings. The van der Waals surface area contributed by atoms with E-state index in [0.29, 0.717) is 5.69 Å². The number of aromatic amines is 1. The molecule has 0 bridgehead atoms. The zero-order valence-electron chi connectivity index (χ0n) is 8.74. The van der Waals surface area contributed by atoms with E-state index in [1.165, 1.54) is 11.8 Å². The second kappa shape index (κ2) is 3.69. The van der Waals surface area contributed by atoms with Gasteiger partial charge in [-0.2, -0.15) is 0 Å². The van der Waals surface area contributed by atoms with Gasteiger partial charge in [-0.05, 0) is 19.4 Å². The molecule has 76 valence electrons. The summed E-state index contributed by atoms with van der Waals surface area (Å²) >= 11 is 0. The minimum atomic E-state index is -0.149. The molecule has 0 unspecified atom stereocenters. The molecule has 0 atom stereocenters. The maximum absolute atomic E-state index is 11.5. The average Bonchev–Trinajstić information content (AvgIpc) is 2.20. The van der Waals surface area contributed by atoms with E-state index in [4.69, 9.17) is 0 Å². The first kappa shape index (κ1) is 9.65. The predicted octanol–water partition coefficient (Wildman–Crippen LogP) is 2.05. The van der Waals surface area contributed by atoms with Crippen LogP contribution in [0.25, 0.3) is 11.3 Å². The molecule has 0 saturated carbocycles. The highest BCUT2D eigenvalue weighted by Crippen LogP contribution is 2.18. The first-order chi connectivity index (χ1) is 7.18. The fourth-order valence-corrected chi connectivity index (χ4v) is 1.62. The molecule has 2 rings (SSSR count). The van der Waals surface area contributed by atoms with Gasteiger partial charge in [0, 0.05) is 18.0 Å². The number of nitrogens with one attached hydrogen (secondary N) is 1. The van der Waals surface area contributed by atoms with E-state index in [1.807, 2.05) is 32.0 Å². The highest BCUT2D eigenvalue weighted by Gasteiger charge is 2.06. The van der Waals surface area contributed by atoms with Gasteiger partial charge >= 0.3 is 0 Å². The zero-order valence-corrected chi connectivity index (χ0v) is 8.74. The first-order valence-corrected chi connectivity index (χ1v) is 4.80. The van der Waals surface area contributed by atoms with Crippen molar-refractivity contribution in [3.63, 3.8) is 0 Å². The Morgan fingerprint density at radius 1 is 1.27 bits per heavy atom. The van der Waals surface area contributed by atoms with Crippen molar-refractivity contribution in [1.29, 1.82) is 0 Å². The van der Waals surface area contributed by atoms with Crippen LogP contribution >= 0.6 is 0 Å². The van der Waals surface area contributed by atoms with Crippen LogP contribution in [-0.4, -0.2) is 9.97 Å². The van der Waals surface area contributed by atoms with Crippen LogP contribution in [0.3, 0.4) is 0 Å². The molecule has 0 saturated heterocycles. The number of H-pyrrole nitrogens is 1. The van der Waals surface area contributed by atoms with Gasteiger partial charge in [0.05, 0.1) is 0 Å². The number of aryl methyl sites for hydroxylation is 2. The second-order valence-corrected chi connectivity index (χ2v) is 3.59. The molecule has 1 aromatic heterocycles. The number of benzene rings is 1. The van der Waals surface area contributed by atoms with E-state index in [0.717, 1.165) is 11.1 Å². The molecule has 0 spiro atoms. The number of rotatable bonds is 1. The smallest absolute Gasteiger partial charge is 0.274 e. The monoisotopic (exact) mass is 200 g/mol. The molecule has 1 heterocycles. The molecular formula is C12H12N2O. The van der Waals surface area contributed by atoms with Gasteiger partial charge in [0.2, 0.25) is 0 Å². The van der Waals surface area contributed by atoms with Crippen molar-refractivity contribution < 1.29 is 0 Å². The van der Waals surface area contributed by atoms with Crippen molar-refractivity contribution in [3.8, 4) is 11.3 Å². The van der Waals surface area contributed by atoms with Gasteiger partial charge < -0.3 is 4.98 Å². The van der Waals surface area contributed by atoms with Crippen LogP contribution < -0.4 is 5.56 Å². The van der Waals surface area contributed by atoms with Crippen molar-refractivity contribution in [2.45, 2.75) is 13.8 Å². The van der Waals surface area contributed by atoms with Crippen molar-refractivity contribution >= 4 is 0 Å². The lowest BCUT2D eigenvalue weighted by Gasteiger charge is -2.04. The molecule has 3 nitrogen and oxygen atoms in total. The fourth-order valence-electron chi connectivity index (χ4n) is 1.62. The van der Waals surface area contributed by atoms with Crippen LogP contribution in [0.2, 0.25) is 0 Å². The van der Waals surface area contributed by atoms with Crippen molar-refractivity contribution in [2.75, 3.05) is 0 Å². The molecular weight excluding hydrogens is 188 g/mol. The van der Waals surface area contributed by atoms with Gasteiger partial charge in [-0.15, -0.1) is 0 Å². The minimum Gasteiger partial charge on any atom is -0.326 e. The molecule has 1 N–H and O–H groups in total. The molecule has 0 amide bonds. The summed E-state index contributed by atoms with van der Waals surface area (Å²) in [6, 6.07) is 5.96. The van der Waals surface area contributed by atoms with Crippen LogP contribution in [0.15, 0.2) is 35.4 Å². The summed E-state index contributed by atoms with van der Waals surface area (Å²) in [5, 5.41) is 0. The Kier molecular flexibility index (Phi) is 2.37. The lowest BCUT2D eigenvalue weighted by atomic mass is 10.0. The standard InChI is InChI=1S/C12H12N2O/c1-8-3-4-10(9(2)7-8)11-12(15)14-6-5-13-11/h3-7H,1-2H3,(H,14,15). The Morgan fingerprint density at radius 3 is 2.73 bits per heavy atom. The summed E-state index contributed by atoms with van der Waals surface area (Å²) in [5.41, 5.74) is 3.48. The topological polar surface area (TPSA) is 45.8 Å². The second-order valence-electron chi connectivity index (χ2n) is 3.59. The summed E-state index contributed by atoms with van der Waals surface area (Å²) in [4.78, 5) is 18.3. The fraction of sp³-hybridized carbons (Fsp3) is 0.167. The van der Waals surface area contributed by atoms with Gasteiger partial charge in [-0.1, -0.05) is 23.8 Å². The van der Waals surface area contributed by atoms with E-state index in [2.05, 4.69) is 9.97 Å². The van der Waals surface area contributed by atoms with Crippen molar-refractivity contribution in [2.24, 2.45) is 0 Å². The summed E-state index contributed by atoms with van der Waals surface area (Å²) < 4.78 is 0. The number of hydrogen-bond donors (Lipinski definition) is 1. The van der Waals surface area contributed by atoms with Crippen LogP contribution in [0, 0.1) is 13.8 Å². The first-order valence-electron chi connectivity index (χ1n) is 4.80. The highest BCUT2D eigenvalue weighted by atomic mass is 16.1. The molecule has 0 radical (unpaired) electrons. The van der Waals surface area contributed by atoms with Gasteiger partial charge in [0.1, 0.15) is 5.69 Å². The molecule has 3 heteroatoms. The normalized spacial score (nSPS) is 10.3. The average molecular weight is 200 g/mol. The molecule has 0 aliphatic heterocycles. The SMILES string of the molecule is Cc1ccc(-c2ncc[nH]c2=O)c(C)c1. The van der Waals surface area contributed by atoms with E-state index < -0.39 is 0 Å². The lowest BCUT2D eigenvalue weighted by Crippen LogP contribution is -2.10. The highest BCUT2D eigenvalue weighted by molar-refractivity contribution is 5.62. The third-order valence-corrected chi connectivity index (χ3v) is 2.34. The van der Waals surface area contributed by atoms with Crippen LogP contribution in [0.5, 0.6) is 0 Å². The Bertz CT molecular complexity index is 543. The number of nitrogens with zero attached hydrogens (tertiary/aromatic N) is 1. The number of hydrogen-bond acceptors (Lipinski definition) is 2. The molecule has 0 fully saturated rings. The van der Waals surface area contributed by atoms with Crippen LogP contribution in [-0.2, 0) is 0 Å². The quantitative estimate of drug-likeness (QED) is 0.765. The van der Waals surface area contributed by atoms with Crippen LogP contribution in [0.1, 0.15) is 11.1 Å². The summed E-state index contributed by atoms with van der Waals surface area (Å²) in [6.07, 6.45) is 3.13. The maximum Gasteiger partial charge on any atom is 0.274 e. The Balaban J connectivity index is 2.65. The Labute approximate surface area is 87.8 Å². The van der Waals surface area contributed by atoms with E-state index in [9.17, 15) is 4.79 Å². The molecule has 1 aromatic carbocycles. The lowest BCUT2D eigenvalue weighted by molar-refractivity contribution is 1.14. The van der Waals surface area contributed by atoms with Crippen molar-refractivity contribution in [3.05, 3.63) is 52.1 Å². The molecule has 15 heavy (non-hydrogen) atoms. The van der Waals surface area contributed by atoms with E-state index in [-0.39, 0.29) is 5.56 Å². The third kappa shape index (κ3) is 1.81. The van der Waals surface area contributed by atoms with Crippen LogP contribution in [0.4, 0.5) is 0 Å². The Morgan fingerprint density at radius 2 is 2.07 bits per heavy atom. The Hall–Kier alpha value is -1.90. The van der Waals surface area contributed by atoms with Crippen molar-refractivity contribution in [1.82, 2.24) is 9.97 Å². The summed E-state index contributed by atoms with van der Waals surface area (Å²) in [5.74, 6) is 0. The minimum absolute atomic E-state index is 0.149. The van der Waals surface area contributed by atoms with E-state index in [1.54, 1.807) is 6.20 Å². The van der Waals surface area contributed by atoms with Gasteiger partial charge in [0.15, 0.2) is 0 Å². The molecule has 0 aliphatic rings. The maximum atomic E-state index is 11.5. The predicted molar refractivity (Wildman–Crippen MR) is 59.8 cm³/mol. The molecule has 0 aliphatic carbocycles. The van der Waals surface area contributed by atoms with Gasteiger partial charge in [-0.25, -0.2) is 4.98 Å². The third-order valence-electron chi connectivity index (χ3n) is 2.34. The summed E-state index contributed by atoms with van der Waals surface area (Å²) in [7, 11) is 0. The summed E-state index contributed by atoms with van der Waals surface area (Å²) in [6.45, 7) is 4.01. The van der Waals surface area contributed by atoms with E-state index >= 15 is 0 Å².